The second-order valence-corrected chi connectivity index (χ2v) is 9.52. The molecule has 0 saturated carbocycles. The number of carbonyl (C=O) groups is 2. The van der Waals surface area contributed by atoms with Crippen LogP contribution in [0.3, 0.4) is 0 Å². The normalized spacial score (nSPS) is 27.1. The Labute approximate surface area is 175 Å². The van der Waals surface area contributed by atoms with Gasteiger partial charge in [0.05, 0.1) is 17.6 Å². The Kier molecular flexibility index (Phi) is 4.63. The van der Waals surface area contributed by atoms with E-state index in [1.807, 2.05) is 66.4 Å². The van der Waals surface area contributed by atoms with Gasteiger partial charge in [0.1, 0.15) is 0 Å². The number of piperidine rings is 1. The number of fused-ring (bicyclic) bond motifs is 2. The van der Waals surface area contributed by atoms with Crippen LogP contribution in [0.15, 0.2) is 54.6 Å². The summed E-state index contributed by atoms with van der Waals surface area (Å²) in [5, 5.41) is -0.276. The lowest BCUT2D eigenvalue weighted by Crippen LogP contribution is -2.52. The van der Waals surface area contributed by atoms with Crippen LogP contribution in [0, 0.1) is 0 Å². The van der Waals surface area contributed by atoms with Crippen LogP contribution < -0.4 is 9.80 Å². The van der Waals surface area contributed by atoms with Crippen molar-refractivity contribution < 1.29 is 9.59 Å². The van der Waals surface area contributed by atoms with E-state index in [1.54, 1.807) is 4.90 Å². The predicted molar refractivity (Wildman–Crippen MR) is 117 cm³/mol. The molecule has 3 aliphatic rings. The van der Waals surface area contributed by atoms with E-state index in [1.165, 1.54) is 31.0 Å². The molecule has 3 aliphatic heterocycles. The van der Waals surface area contributed by atoms with Crippen molar-refractivity contribution in [1.29, 1.82) is 0 Å². The Bertz CT molecular complexity index is 944. The lowest BCUT2D eigenvalue weighted by atomic mass is 10.0. The lowest BCUT2D eigenvalue weighted by molar-refractivity contribution is -0.124. The minimum absolute atomic E-state index is 0.00386. The van der Waals surface area contributed by atoms with Crippen molar-refractivity contribution in [3.8, 4) is 0 Å². The molecular formula is C23H25N3O2S. The number of anilines is 2. The second kappa shape index (κ2) is 7.18. The average Bonchev–Trinajstić information content (AvgIpc) is 3.16. The van der Waals surface area contributed by atoms with Gasteiger partial charge in [-0.05, 0) is 51.1 Å². The van der Waals surface area contributed by atoms with Crippen LogP contribution in [-0.4, -0.2) is 41.7 Å². The summed E-state index contributed by atoms with van der Waals surface area (Å²) < 4.78 is 0. The average molecular weight is 408 g/mol. The van der Waals surface area contributed by atoms with Crippen LogP contribution in [0.25, 0.3) is 0 Å². The van der Waals surface area contributed by atoms with Gasteiger partial charge in [-0.3, -0.25) is 24.3 Å². The van der Waals surface area contributed by atoms with E-state index in [9.17, 15) is 9.59 Å². The number of carbonyl (C=O) groups excluding carboxylic acids is 2. The summed E-state index contributed by atoms with van der Waals surface area (Å²) in [6, 6.07) is 17.6. The van der Waals surface area contributed by atoms with Gasteiger partial charge < -0.3 is 0 Å². The molecule has 0 aromatic heterocycles. The van der Waals surface area contributed by atoms with Gasteiger partial charge in [-0.2, -0.15) is 0 Å². The van der Waals surface area contributed by atoms with Crippen LogP contribution in [0.2, 0.25) is 0 Å². The number of para-hydroxylation sites is 2. The van der Waals surface area contributed by atoms with E-state index in [0.717, 1.165) is 30.0 Å². The van der Waals surface area contributed by atoms with Crippen LogP contribution in [0.4, 0.5) is 11.4 Å². The summed E-state index contributed by atoms with van der Waals surface area (Å²) in [6.45, 7) is 4.53. The molecule has 2 saturated heterocycles. The first-order valence-corrected chi connectivity index (χ1v) is 11.2. The van der Waals surface area contributed by atoms with Gasteiger partial charge in [0, 0.05) is 11.3 Å². The first kappa shape index (κ1) is 18.7. The summed E-state index contributed by atoms with van der Waals surface area (Å²) in [4.78, 5) is 32.2. The predicted octanol–water partition coefficient (Wildman–Crippen LogP) is 3.80. The van der Waals surface area contributed by atoms with Gasteiger partial charge in [-0.15, -0.1) is 11.8 Å². The number of hydrogen-bond donors (Lipinski definition) is 0. The molecule has 5 nitrogen and oxygen atoms in total. The monoisotopic (exact) mass is 407 g/mol. The molecule has 2 aromatic rings. The van der Waals surface area contributed by atoms with Crippen molar-refractivity contribution >= 4 is 35.0 Å². The van der Waals surface area contributed by atoms with E-state index >= 15 is 0 Å². The zero-order chi connectivity index (χ0) is 20.0. The highest BCUT2D eigenvalue weighted by atomic mass is 32.2. The molecule has 29 heavy (non-hydrogen) atoms. The molecule has 0 unspecified atom stereocenters. The highest BCUT2D eigenvalue weighted by molar-refractivity contribution is 8.03. The van der Waals surface area contributed by atoms with E-state index < -0.39 is 4.87 Å². The van der Waals surface area contributed by atoms with Crippen molar-refractivity contribution in [2.45, 2.75) is 36.3 Å². The first-order valence-electron chi connectivity index (χ1n) is 10.3. The van der Waals surface area contributed by atoms with Gasteiger partial charge in [-0.1, -0.05) is 42.8 Å². The summed E-state index contributed by atoms with van der Waals surface area (Å²) >= 11 is 1.47. The maximum absolute atomic E-state index is 14.0. The SMILES string of the molecule is C[C@H]1S[C@]2(C(=O)N(CN3CCCCC3)c3ccccc32)N(c2ccccc2)C1=O. The maximum atomic E-state index is 14.0. The summed E-state index contributed by atoms with van der Waals surface area (Å²) in [6.07, 6.45) is 3.61. The molecule has 2 fully saturated rings. The Hall–Kier alpha value is -2.31. The molecule has 0 bridgehead atoms. The Morgan fingerprint density at radius 3 is 2.41 bits per heavy atom. The van der Waals surface area contributed by atoms with E-state index in [2.05, 4.69) is 4.90 Å². The largest absolute Gasteiger partial charge is 0.295 e. The molecule has 150 valence electrons. The number of benzene rings is 2. The Morgan fingerprint density at radius 2 is 1.66 bits per heavy atom. The molecule has 6 heteroatoms. The molecule has 2 atom stereocenters. The van der Waals surface area contributed by atoms with Crippen molar-refractivity contribution in [3.05, 3.63) is 60.2 Å². The Balaban J connectivity index is 1.62. The summed E-state index contributed by atoms with van der Waals surface area (Å²) in [7, 11) is 0. The van der Waals surface area contributed by atoms with Gasteiger partial charge in [0.25, 0.3) is 5.91 Å². The third-order valence-corrected chi connectivity index (χ3v) is 7.60. The van der Waals surface area contributed by atoms with Gasteiger partial charge >= 0.3 is 0 Å². The fourth-order valence-electron chi connectivity index (χ4n) is 4.76. The minimum Gasteiger partial charge on any atom is -0.295 e. The molecule has 2 aromatic carbocycles. The molecule has 1 spiro atoms. The number of rotatable bonds is 3. The van der Waals surface area contributed by atoms with Crippen molar-refractivity contribution in [1.82, 2.24) is 4.90 Å². The fourth-order valence-corrected chi connectivity index (χ4v) is 6.29. The molecule has 0 aliphatic carbocycles. The van der Waals surface area contributed by atoms with Crippen molar-refractivity contribution in [3.63, 3.8) is 0 Å². The number of likely N-dealkylation sites (tertiary alicyclic amines) is 1. The van der Waals surface area contributed by atoms with E-state index in [0.29, 0.717) is 6.67 Å². The number of hydrogen-bond acceptors (Lipinski definition) is 4. The van der Waals surface area contributed by atoms with Crippen molar-refractivity contribution in [2.75, 3.05) is 29.6 Å². The Morgan fingerprint density at radius 1 is 0.966 bits per heavy atom. The van der Waals surface area contributed by atoms with Gasteiger partial charge in [0.2, 0.25) is 10.8 Å². The van der Waals surface area contributed by atoms with Crippen molar-refractivity contribution in [2.24, 2.45) is 0 Å². The topological polar surface area (TPSA) is 43.9 Å². The van der Waals surface area contributed by atoms with Gasteiger partial charge in [-0.25, -0.2) is 0 Å². The molecule has 0 radical (unpaired) electrons. The van der Waals surface area contributed by atoms with E-state index in [-0.39, 0.29) is 17.1 Å². The molecule has 3 heterocycles. The fraction of sp³-hybridized carbons (Fsp3) is 0.391. The lowest BCUT2D eigenvalue weighted by Gasteiger charge is -2.35. The number of nitrogens with zero attached hydrogens (tertiary/aromatic N) is 3. The first-order chi connectivity index (χ1) is 14.1. The zero-order valence-corrected chi connectivity index (χ0v) is 17.4. The zero-order valence-electron chi connectivity index (χ0n) is 16.6. The number of amides is 2. The smallest absolute Gasteiger partial charge is 0.269 e. The second-order valence-electron chi connectivity index (χ2n) is 7.98. The van der Waals surface area contributed by atoms with Gasteiger partial charge in [0.15, 0.2) is 0 Å². The summed E-state index contributed by atoms with van der Waals surface area (Å²) in [5.41, 5.74) is 2.63. The van der Waals surface area contributed by atoms with E-state index in [4.69, 9.17) is 0 Å². The maximum Gasteiger partial charge on any atom is 0.269 e. The van der Waals surface area contributed by atoms with Crippen LogP contribution >= 0.6 is 11.8 Å². The van der Waals surface area contributed by atoms with Crippen LogP contribution in [0.5, 0.6) is 0 Å². The highest BCUT2D eigenvalue weighted by Gasteiger charge is 2.63. The summed E-state index contributed by atoms with van der Waals surface area (Å²) in [5.74, 6) is -0.0139. The van der Waals surface area contributed by atoms with Crippen LogP contribution in [0.1, 0.15) is 31.7 Å². The van der Waals surface area contributed by atoms with Crippen LogP contribution in [-0.2, 0) is 14.5 Å². The highest BCUT2D eigenvalue weighted by Crippen LogP contribution is 2.57. The molecule has 0 N–H and O–H groups in total. The minimum atomic E-state index is -1.02. The molecule has 2 amide bonds. The third-order valence-electron chi connectivity index (χ3n) is 6.13. The molecule has 5 rings (SSSR count). The quantitative estimate of drug-likeness (QED) is 0.776. The molecular weight excluding hydrogens is 382 g/mol. The number of thioether (sulfide) groups is 1. The third kappa shape index (κ3) is 2.81. The standard InChI is InChI=1S/C23H25N3O2S/c1-17-21(27)26(18-10-4-2-5-11-18)23(29-17)19-12-6-7-13-20(19)25(22(23)28)16-24-14-8-3-9-15-24/h2,4-7,10-13,17H,3,8-9,14-16H2,1H3/t17-,23-/m1/s1.